The van der Waals surface area contributed by atoms with Gasteiger partial charge in [-0.3, -0.25) is 0 Å². The van der Waals surface area contributed by atoms with Crippen LogP contribution in [0.4, 0.5) is 4.39 Å². The Morgan fingerprint density at radius 1 is 1.14 bits per heavy atom. The summed E-state index contributed by atoms with van der Waals surface area (Å²) in [6.45, 7) is 2.16. The number of benzene rings is 2. The summed E-state index contributed by atoms with van der Waals surface area (Å²) < 4.78 is 12.9. The van der Waals surface area contributed by atoms with Gasteiger partial charge in [0.2, 0.25) is 0 Å². The third-order valence-corrected chi connectivity index (χ3v) is 4.20. The molecule has 0 fully saturated rings. The Bertz CT molecular complexity index is 609. The standard InChI is InChI=1S/C18H21FN2/c1-12(10-13-6-8-14(19)9-7-13)21-18-11-17(20)15-4-2-3-5-16(15)18/h2-9,12,17-18,21H,10-11,20H2,1H3. The lowest BCUT2D eigenvalue weighted by Crippen LogP contribution is -2.31. The van der Waals surface area contributed by atoms with Crippen molar-refractivity contribution in [1.82, 2.24) is 5.32 Å². The van der Waals surface area contributed by atoms with Crippen molar-refractivity contribution in [2.45, 2.75) is 37.9 Å². The highest BCUT2D eigenvalue weighted by Crippen LogP contribution is 2.37. The Hall–Kier alpha value is -1.71. The molecule has 3 rings (SSSR count). The first-order valence-electron chi connectivity index (χ1n) is 7.48. The molecule has 0 bridgehead atoms. The minimum atomic E-state index is -0.185. The van der Waals surface area contributed by atoms with E-state index in [0.717, 1.165) is 18.4 Å². The highest BCUT2D eigenvalue weighted by Gasteiger charge is 2.28. The minimum Gasteiger partial charge on any atom is -0.324 e. The molecular formula is C18H21FN2. The molecular weight excluding hydrogens is 263 g/mol. The highest BCUT2D eigenvalue weighted by atomic mass is 19.1. The molecule has 0 aliphatic heterocycles. The van der Waals surface area contributed by atoms with Gasteiger partial charge in [-0.05, 0) is 48.6 Å². The van der Waals surface area contributed by atoms with Crippen LogP contribution in [-0.4, -0.2) is 6.04 Å². The Labute approximate surface area is 125 Å². The van der Waals surface area contributed by atoms with Crippen LogP contribution in [0.3, 0.4) is 0 Å². The van der Waals surface area contributed by atoms with Crippen LogP contribution in [0.15, 0.2) is 48.5 Å². The first-order valence-corrected chi connectivity index (χ1v) is 7.48. The lowest BCUT2D eigenvalue weighted by Gasteiger charge is -2.20. The number of fused-ring (bicyclic) bond motifs is 1. The average Bonchev–Trinajstić information content (AvgIpc) is 2.78. The zero-order valence-corrected chi connectivity index (χ0v) is 12.2. The van der Waals surface area contributed by atoms with Crippen LogP contribution in [-0.2, 0) is 6.42 Å². The monoisotopic (exact) mass is 284 g/mol. The van der Waals surface area contributed by atoms with E-state index >= 15 is 0 Å². The number of nitrogens with two attached hydrogens (primary N) is 1. The second kappa shape index (κ2) is 5.96. The summed E-state index contributed by atoms with van der Waals surface area (Å²) in [5.74, 6) is -0.185. The number of halogens is 1. The summed E-state index contributed by atoms with van der Waals surface area (Å²) >= 11 is 0. The fourth-order valence-corrected chi connectivity index (χ4v) is 3.21. The van der Waals surface area contributed by atoms with Gasteiger partial charge in [0.15, 0.2) is 0 Å². The van der Waals surface area contributed by atoms with E-state index in [4.69, 9.17) is 5.73 Å². The molecule has 2 nitrogen and oxygen atoms in total. The van der Waals surface area contributed by atoms with Crippen molar-refractivity contribution in [3.05, 3.63) is 71.0 Å². The molecule has 0 amide bonds. The maximum absolute atomic E-state index is 12.9. The molecule has 3 unspecified atom stereocenters. The fourth-order valence-electron chi connectivity index (χ4n) is 3.21. The van der Waals surface area contributed by atoms with Crippen LogP contribution >= 0.6 is 0 Å². The van der Waals surface area contributed by atoms with Crippen LogP contribution in [0.25, 0.3) is 0 Å². The first-order chi connectivity index (χ1) is 10.1. The van der Waals surface area contributed by atoms with Crippen molar-refractivity contribution in [2.75, 3.05) is 0 Å². The molecule has 2 aromatic carbocycles. The van der Waals surface area contributed by atoms with Gasteiger partial charge in [0.05, 0.1) is 0 Å². The molecule has 0 aromatic heterocycles. The maximum atomic E-state index is 12.9. The summed E-state index contributed by atoms with van der Waals surface area (Å²) in [7, 11) is 0. The average molecular weight is 284 g/mol. The third-order valence-electron chi connectivity index (χ3n) is 4.20. The Morgan fingerprint density at radius 2 is 1.81 bits per heavy atom. The molecule has 0 saturated carbocycles. The van der Waals surface area contributed by atoms with Gasteiger partial charge in [-0.2, -0.15) is 0 Å². The van der Waals surface area contributed by atoms with E-state index < -0.39 is 0 Å². The van der Waals surface area contributed by atoms with Gasteiger partial charge < -0.3 is 11.1 Å². The van der Waals surface area contributed by atoms with Crippen molar-refractivity contribution in [3.8, 4) is 0 Å². The topological polar surface area (TPSA) is 38.0 Å². The quantitative estimate of drug-likeness (QED) is 0.902. The lowest BCUT2D eigenvalue weighted by atomic mass is 10.0. The van der Waals surface area contributed by atoms with Crippen LogP contribution in [0, 0.1) is 5.82 Å². The number of hydrogen-bond donors (Lipinski definition) is 2. The zero-order valence-electron chi connectivity index (χ0n) is 12.2. The largest absolute Gasteiger partial charge is 0.324 e. The summed E-state index contributed by atoms with van der Waals surface area (Å²) in [4.78, 5) is 0. The van der Waals surface area contributed by atoms with Gasteiger partial charge in [0, 0.05) is 18.1 Å². The predicted octanol–water partition coefficient (Wildman–Crippen LogP) is 3.49. The molecule has 2 aromatic rings. The molecule has 1 aliphatic carbocycles. The van der Waals surface area contributed by atoms with E-state index in [2.05, 4.69) is 30.4 Å². The molecule has 21 heavy (non-hydrogen) atoms. The minimum absolute atomic E-state index is 0.122. The van der Waals surface area contributed by atoms with Crippen molar-refractivity contribution < 1.29 is 4.39 Å². The smallest absolute Gasteiger partial charge is 0.123 e. The maximum Gasteiger partial charge on any atom is 0.123 e. The molecule has 0 heterocycles. The van der Waals surface area contributed by atoms with Crippen molar-refractivity contribution in [3.63, 3.8) is 0 Å². The van der Waals surface area contributed by atoms with Gasteiger partial charge in [0.25, 0.3) is 0 Å². The van der Waals surface area contributed by atoms with Gasteiger partial charge in [-0.1, -0.05) is 36.4 Å². The predicted molar refractivity (Wildman–Crippen MR) is 83.4 cm³/mol. The molecule has 3 N–H and O–H groups in total. The van der Waals surface area contributed by atoms with Gasteiger partial charge in [-0.15, -0.1) is 0 Å². The van der Waals surface area contributed by atoms with E-state index in [1.54, 1.807) is 0 Å². The number of rotatable bonds is 4. The summed E-state index contributed by atoms with van der Waals surface area (Å²) in [6.07, 6.45) is 1.82. The van der Waals surface area contributed by atoms with E-state index in [-0.39, 0.29) is 11.9 Å². The summed E-state index contributed by atoms with van der Waals surface area (Å²) in [5.41, 5.74) is 9.91. The molecule has 3 atom stereocenters. The van der Waals surface area contributed by atoms with Gasteiger partial charge >= 0.3 is 0 Å². The lowest BCUT2D eigenvalue weighted by molar-refractivity contribution is 0.434. The third kappa shape index (κ3) is 3.14. The van der Waals surface area contributed by atoms with Gasteiger partial charge in [0.1, 0.15) is 5.82 Å². The molecule has 0 spiro atoms. The summed E-state index contributed by atoms with van der Waals surface area (Å²) in [6, 6.07) is 15.9. The second-order valence-corrected chi connectivity index (χ2v) is 5.92. The fraction of sp³-hybridized carbons (Fsp3) is 0.333. The zero-order chi connectivity index (χ0) is 14.8. The second-order valence-electron chi connectivity index (χ2n) is 5.92. The van der Waals surface area contributed by atoms with Crippen LogP contribution in [0.5, 0.6) is 0 Å². The van der Waals surface area contributed by atoms with E-state index in [1.807, 2.05) is 18.2 Å². The van der Waals surface area contributed by atoms with Crippen LogP contribution in [0.1, 0.15) is 42.1 Å². The van der Waals surface area contributed by atoms with Crippen LogP contribution < -0.4 is 11.1 Å². The normalized spacial score (nSPS) is 22.0. The molecule has 0 radical (unpaired) electrons. The molecule has 0 saturated heterocycles. The Kier molecular flexibility index (Phi) is 4.04. The number of hydrogen-bond acceptors (Lipinski definition) is 2. The van der Waals surface area contributed by atoms with Crippen molar-refractivity contribution in [1.29, 1.82) is 0 Å². The Morgan fingerprint density at radius 3 is 2.52 bits per heavy atom. The summed E-state index contributed by atoms with van der Waals surface area (Å²) in [5, 5.41) is 3.65. The van der Waals surface area contributed by atoms with Crippen molar-refractivity contribution >= 4 is 0 Å². The SMILES string of the molecule is CC(Cc1ccc(F)cc1)NC1CC(N)c2ccccc21. The van der Waals surface area contributed by atoms with E-state index in [0.29, 0.717) is 12.1 Å². The van der Waals surface area contributed by atoms with Crippen molar-refractivity contribution in [2.24, 2.45) is 5.73 Å². The Balaban J connectivity index is 1.66. The highest BCUT2D eigenvalue weighted by molar-refractivity contribution is 5.37. The number of nitrogens with one attached hydrogen (secondary N) is 1. The molecule has 110 valence electrons. The van der Waals surface area contributed by atoms with Gasteiger partial charge in [-0.25, -0.2) is 4.39 Å². The molecule has 3 heteroatoms. The van der Waals surface area contributed by atoms with Crippen LogP contribution in [0.2, 0.25) is 0 Å². The molecule has 1 aliphatic rings. The first kappa shape index (κ1) is 14.2. The van der Waals surface area contributed by atoms with E-state index in [9.17, 15) is 4.39 Å². The van der Waals surface area contributed by atoms with E-state index in [1.165, 1.54) is 23.3 Å².